The summed E-state index contributed by atoms with van der Waals surface area (Å²) in [6, 6.07) is 6.08. The number of piperidine rings is 1. The standard InChI is InChI=1S/C22H32Cl2N2O/c23-19-5-1-4-17(20(19)24)18-16-21(18)6-2-13-26(15-10-21)14-3-7-22(27)8-11-25-12-9-22/h1,4-5,18,25,27H,2-3,6-16H2. The van der Waals surface area contributed by atoms with E-state index in [1.807, 2.05) is 12.1 Å². The third-order valence-electron chi connectivity index (χ3n) is 7.27. The molecule has 2 saturated heterocycles. The summed E-state index contributed by atoms with van der Waals surface area (Å²) in [5, 5.41) is 15.5. The minimum atomic E-state index is -0.427. The van der Waals surface area contributed by atoms with E-state index in [4.69, 9.17) is 23.2 Å². The van der Waals surface area contributed by atoms with Crippen molar-refractivity contribution in [3.8, 4) is 0 Å². The van der Waals surface area contributed by atoms with Gasteiger partial charge in [0, 0.05) is 0 Å². The Labute approximate surface area is 173 Å². The molecule has 0 amide bonds. The van der Waals surface area contributed by atoms with Crippen molar-refractivity contribution in [1.29, 1.82) is 0 Å². The van der Waals surface area contributed by atoms with Crippen molar-refractivity contribution in [2.45, 2.75) is 62.9 Å². The average Bonchev–Trinajstić information content (AvgIpc) is 3.40. The van der Waals surface area contributed by atoms with E-state index in [0.717, 1.165) is 50.3 Å². The molecule has 2 heterocycles. The highest BCUT2D eigenvalue weighted by Crippen LogP contribution is 2.66. The second-order valence-corrected chi connectivity index (χ2v) is 9.82. The number of halogens is 2. The van der Waals surface area contributed by atoms with Crippen molar-refractivity contribution in [3.05, 3.63) is 33.8 Å². The number of nitrogens with one attached hydrogen (secondary N) is 1. The number of rotatable bonds is 5. The smallest absolute Gasteiger partial charge is 0.0672 e. The molecule has 2 unspecified atom stereocenters. The molecule has 3 aliphatic rings. The van der Waals surface area contributed by atoms with Gasteiger partial charge in [-0.3, -0.25) is 0 Å². The lowest BCUT2D eigenvalue weighted by Gasteiger charge is -2.33. The predicted molar refractivity (Wildman–Crippen MR) is 113 cm³/mol. The van der Waals surface area contributed by atoms with E-state index in [0.29, 0.717) is 16.4 Å². The maximum absolute atomic E-state index is 10.7. The van der Waals surface area contributed by atoms with Crippen LogP contribution in [0.1, 0.15) is 62.8 Å². The lowest BCUT2D eigenvalue weighted by atomic mass is 9.88. The minimum Gasteiger partial charge on any atom is -0.390 e. The normalized spacial score (nSPS) is 31.0. The fraction of sp³-hybridized carbons (Fsp3) is 0.727. The predicted octanol–water partition coefficient (Wildman–Crippen LogP) is 4.85. The Balaban J connectivity index is 1.28. The van der Waals surface area contributed by atoms with Crippen molar-refractivity contribution in [2.75, 3.05) is 32.7 Å². The number of aliphatic hydroxyl groups is 1. The molecule has 2 N–H and O–H groups in total. The lowest BCUT2D eigenvalue weighted by Crippen LogP contribution is -2.42. The fourth-order valence-electron chi connectivity index (χ4n) is 5.40. The third-order valence-corrected chi connectivity index (χ3v) is 8.11. The maximum atomic E-state index is 10.7. The van der Waals surface area contributed by atoms with E-state index in [1.165, 1.54) is 44.3 Å². The fourth-order valence-corrected chi connectivity index (χ4v) is 5.84. The van der Waals surface area contributed by atoms with Crippen LogP contribution in [0.5, 0.6) is 0 Å². The van der Waals surface area contributed by atoms with E-state index in [1.54, 1.807) is 0 Å². The molecule has 2 aliphatic heterocycles. The SMILES string of the molecule is OC1(CCCN2CCCC3(CC2)CC3c2cccc(Cl)c2Cl)CCNCC1. The van der Waals surface area contributed by atoms with Crippen LogP contribution in [-0.4, -0.2) is 48.3 Å². The monoisotopic (exact) mass is 410 g/mol. The summed E-state index contributed by atoms with van der Waals surface area (Å²) in [6.45, 7) is 5.40. The molecule has 3 nitrogen and oxygen atoms in total. The second-order valence-electron chi connectivity index (χ2n) is 9.04. The molecule has 1 aromatic rings. The zero-order chi connectivity index (χ0) is 18.9. The van der Waals surface area contributed by atoms with Crippen LogP contribution in [0.2, 0.25) is 10.0 Å². The molecule has 3 fully saturated rings. The summed E-state index contributed by atoms with van der Waals surface area (Å²) < 4.78 is 0. The molecule has 0 aromatic heterocycles. The van der Waals surface area contributed by atoms with Crippen molar-refractivity contribution in [3.63, 3.8) is 0 Å². The van der Waals surface area contributed by atoms with Crippen LogP contribution >= 0.6 is 23.2 Å². The highest BCUT2D eigenvalue weighted by Gasteiger charge is 2.54. The molecule has 5 heteroatoms. The van der Waals surface area contributed by atoms with Crippen LogP contribution in [0.4, 0.5) is 0 Å². The van der Waals surface area contributed by atoms with E-state index >= 15 is 0 Å². The third kappa shape index (κ3) is 4.48. The second kappa shape index (κ2) is 8.20. The van der Waals surface area contributed by atoms with Gasteiger partial charge in [0.15, 0.2) is 0 Å². The molecule has 2 atom stereocenters. The highest BCUT2D eigenvalue weighted by atomic mass is 35.5. The first kappa shape index (κ1) is 20.0. The van der Waals surface area contributed by atoms with Gasteiger partial charge in [-0.05, 0) is 107 Å². The Hall–Kier alpha value is -0.320. The quantitative estimate of drug-likeness (QED) is 0.727. The van der Waals surface area contributed by atoms with Crippen LogP contribution < -0.4 is 5.32 Å². The summed E-state index contributed by atoms with van der Waals surface area (Å²) in [5.74, 6) is 0.582. The molecule has 1 saturated carbocycles. The van der Waals surface area contributed by atoms with Crippen LogP contribution in [0.25, 0.3) is 0 Å². The lowest BCUT2D eigenvalue weighted by molar-refractivity contribution is -0.00121. The van der Waals surface area contributed by atoms with Gasteiger partial charge in [-0.2, -0.15) is 0 Å². The van der Waals surface area contributed by atoms with Crippen LogP contribution in [0.15, 0.2) is 18.2 Å². The first-order valence-corrected chi connectivity index (χ1v) is 11.4. The summed E-state index contributed by atoms with van der Waals surface area (Å²) >= 11 is 12.7. The van der Waals surface area contributed by atoms with Crippen molar-refractivity contribution in [1.82, 2.24) is 10.2 Å². The zero-order valence-corrected chi connectivity index (χ0v) is 17.7. The molecule has 0 radical (unpaired) electrons. The van der Waals surface area contributed by atoms with Gasteiger partial charge < -0.3 is 15.3 Å². The molecular formula is C22H32Cl2N2O. The molecule has 1 spiro atoms. The maximum Gasteiger partial charge on any atom is 0.0672 e. The van der Waals surface area contributed by atoms with Gasteiger partial charge in [-0.1, -0.05) is 35.3 Å². The van der Waals surface area contributed by atoms with Gasteiger partial charge in [0.2, 0.25) is 0 Å². The van der Waals surface area contributed by atoms with E-state index < -0.39 is 5.60 Å². The van der Waals surface area contributed by atoms with E-state index in [2.05, 4.69) is 16.3 Å². The Morgan fingerprint density at radius 3 is 2.74 bits per heavy atom. The number of hydrogen-bond donors (Lipinski definition) is 2. The average molecular weight is 411 g/mol. The van der Waals surface area contributed by atoms with Crippen LogP contribution in [-0.2, 0) is 0 Å². The molecule has 1 aliphatic carbocycles. The molecule has 4 rings (SSSR count). The van der Waals surface area contributed by atoms with E-state index in [9.17, 15) is 5.11 Å². The number of benzene rings is 1. The number of nitrogens with zero attached hydrogens (tertiary/aromatic N) is 1. The van der Waals surface area contributed by atoms with Crippen molar-refractivity contribution < 1.29 is 5.11 Å². The Morgan fingerprint density at radius 1 is 1.11 bits per heavy atom. The summed E-state index contributed by atoms with van der Waals surface area (Å²) in [5.41, 5.74) is 1.27. The number of likely N-dealkylation sites (tertiary alicyclic amines) is 1. The Kier molecular flexibility index (Phi) is 6.06. The first-order chi connectivity index (χ1) is 13.0. The van der Waals surface area contributed by atoms with Crippen LogP contribution in [0.3, 0.4) is 0 Å². The summed E-state index contributed by atoms with van der Waals surface area (Å²) in [6.07, 6.45) is 8.93. The van der Waals surface area contributed by atoms with Crippen molar-refractivity contribution in [2.24, 2.45) is 5.41 Å². The van der Waals surface area contributed by atoms with Crippen molar-refractivity contribution >= 4 is 23.2 Å². The Bertz CT molecular complexity index is 662. The van der Waals surface area contributed by atoms with Gasteiger partial charge >= 0.3 is 0 Å². The van der Waals surface area contributed by atoms with Gasteiger partial charge in [0.05, 0.1) is 15.6 Å². The molecular weight excluding hydrogens is 379 g/mol. The zero-order valence-electron chi connectivity index (χ0n) is 16.2. The van der Waals surface area contributed by atoms with Gasteiger partial charge in [0.25, 0.3) is 0 Å². The largest absolute Gasteiger partial charge is 0.390 e. The highest BCUT2D eigenvalue weighted by molar-refractivity contribution is 6.42. The molecule has 1 aromatic carbocycles. The molecule has 0 bridgehead atoms. The molecule has 150 valence electrons. The van der Waals surface area contributed by atoms with Gasteiger partial charge in [-0.25, -0.2) is 0 Å². The number of hydrogen-bond acceptors (Lipinski definition) is 3. The Morgan fingerprint density at radius 2 is 1.93 bits per heavy atom. The summed E-state index contributed by atoms with van der Waals surface area (Å²) in [7, 11) is 0. The topological polar surface area (TPSA) is 35.5 Å². The first-order valence-electron chi connectivity index (χ1n) is 10.6. The van der Waals surface area contributed by atoms with E-state index in [-0.39, 0.29) is 0 Å². The van der Waals surface area contributed by atoms with Gasteiger partial charge in [0.1, 0.15) is 0 Å². The molecule has 27 heavy (non-hydrogen) atoms. The minimum absolute atomic E-state index is 0.427. The summed E-state index contributed by atoms with van der Waals surface area (Å²) in [4.78, 5) is 2.62. The van der Waals surface area contributed by atoms with Crippen LogP contribution in [0, 0.1) is 5.41 Å². The van der Waals surface area contributed by atoms with Gasteiger partial charge in [-0.15, -0.1) is 0 Å².